The second-order valence-corrected chi connectivity index (χ2v) is 9.41. The van der Waals surface area contributed by atoms with Crippen molar-refractivity contribution in [3.05, 3.63) is 53.1 Å². The van der Waals surface area contributed by atoms with Gasteiger partial charge in [-0.1, -0.05) is 29.3 Å². The lowest BCUT2D eigenvalue weighted by Crippen LogP contribution is -3.15. The molecule has 9 heteroatoms. The maximum Gasteiger partial charge on any atom is 0.279 e. The van der Waals surface area contributed by atoms with Crippen LogP contribution in [0, 0.1) is 6.92 Å². The number of nitrogens with one attached hydrogen (secondary N) is 2. The molecule has 0 unspecified atom stereocenters. The molecule has 0 atom stereocenters. The van der Waals surface area contributed by atoms with E-state index in [0.29, 0.717) is 47.5 Å². The van der Waals surface area contributed by atoms with Gasteiger partial charge < -0.3 is 15.0 Å². The minimum Gasteiger partial charge on any atom is -0.495 e. The number of nitrogens with zero attached hydrogens (tertiary/aromatic N) is 1. The average molecular weight is 439 g/mol. The third kappa shape index (κ3) is 5.27. The third-order valence-corrected chi connectivity index (χ3v) is 7.08. The summed E-state index contributed by atoms with van der Waals surface area (Å²) in [6.07, 6.45) is 0. The molecular weight excluding hydrogens is 414 g/mol. The summed E-state index contributed by atoms with van der Waals surface area (Å²) in [5, 5.41) is 3.32. The number of ether oxygens (including phenoxy) is 1. The molecule has 1 saturated heterocycles. The zero-order valence-corrected chi connectivity index (χ0v) is 18.0. The van der Waals surface area contributed by atoms with Gasteiger partial charge in [-0.25, -0.2) is 8.42 Å². The minimum absolute atomic E-state index is 0.171. The number of aryl methyl sites for hydroxylation is 1. The molecule has 3 rings (SSSR count). The molecule has 0 aliphatic carbocycles. The van der Waals surface area contributed by atoms with E-state index in [0.717, 1.165) is 10.5 Å². The highest BCUT2D eigenvalue weighted by atomic mass is 35.5. The number of amides is 1. The fourth-order valence-electron chi connectivity index (χ4n) is 3.28. The number of hydrogen-bond acceptors (Lipinski definition) is 4. The molecule has 1 amide bonds. The fraction of sp³-hybridized carbons (Fsp3) is 0.350. The van der Waals surface area contributed by atoms with Gasteiger partial charge in [0.05, 0.1) is 43.9 Å². The van der Waals surface area contributed by atoms with Crippen molar-refractivity contribution in [3.8, 4) is 5.75 Å². The number of sulfonamides is 1. The van der Waals surface area contributed by atoms with Crippen LogP contribution >= 0.6 is 11.6 Å². The van der Waals surface area contributed by atoms with Crippen LogP contribution < -0.4 is 15.0 Å². The molecule has 0 radical (unpaired) electrons. The Bertz CT molecular complexity index is 972. The average Bonchev–Trinajstić information content (AvgIpc) is 2.69. The summed E-state index contributed by atoms with van der Waals surface area (Å²) >= 11 is 5.99. The number of carbonyl (C=O) groups excluding carboxylic acids is 1. The molecular formula is C20H25ClN3O4S+. The molecule has 2 N–H and O–H groups in total. The molecule has 1 heterocycles. The maximum absolute atomic E-state index is 12.8. The molecule has 0 saturated carbocycles. The Morgan fingerprint density at radius 3 is 2.45 bits per heavy atom. The predicted octanol–water partition coefficient (Wildman–Crippen LogP) is 1.18. The normalized spacial score (nSPS) is 15.8. The number of hydrogen-bond donors (Lipinski definition) is 2. The summed E-state index contributed by atoms with van der Waals surface area (Å²) in [4.78, 5) is 13.8. The van der Waals surface area contributed by atoms with E-state index in [1.807, 2.05) is 6.92 Å². The van der Waals surface area contributed by atoms with E-state index in [-0.39, 0.29) is 12.5 Å². The number of benzene rings is 2. The van der Waals surface area contributed by atoms with E-state index in [4.69, 9.17) is 16.3 Å². The zero-order chi connectivity index (χ0) is 21.0. The van der Waals surface area contributed by atoms with Gasteiger partial charge in [-0.15, -0.1) is 0 Å². The van der Waals surface area contributed by atoms with Crippen molar-refractivity contribution < 1.29 is 22.8 Å². The first-order chi connectivity index (χ1) is 13.8. The minimum atomic E-state index is -3.50. The summed E-state index contributed by atoms with van der Waals surface area (Å²) in [6.45, 7) is 4.03. The standard InChI is InChI=1S/C20H24ClN3O4S/c1-15-3-6-17(7-4-15)29(26,27)24-11-9-23(10-12-24)14-20(25)22-18-13-16(21)5-8-19(18)28-2/h3-8,13H,9-12,14H2,1-2H3,(H,22,25)/p+1. The van der Waals surface area contributed by atoms with Crippen molar-refractivity contribution in [2.45, 2.75) is 11.8 Å². The SMILES string of the molecule is COc1ccc(Cl)cc1NC(=O)C[NH+]1CCN(S(=O)(=O)c2ccc(C)cc2)CC1. The molecule has 0 aromatic heterocycles. The number of methoxy groups -OCH3 is 1. The molecule has 7 nitrogen and oxygen atoms in total. The molecule has 2 aromatic rings. The Kier molecular flexibility index (Phi) is 6.79. The number of piperazine rings is 1. The maximum atomic E-state index is 12.8. The van der Waals surface area contributed by atoms with Gasteiger partial charge in [-0.2, -0.15) is 4.31 Å². The Morgan fingerprint density at radius 2 is 1.83 bits per heavy atom. The lowest BCUT2D eigenvalue weighted by molar-refractivity contribution is -0.895. The summed E-state index contributed by atoms with van der Waals surface area (Å²) in [5.41, 5.74) is 1.53. The molecule has 29 heavy (non-hydrogen) atoms. The number of rotatable bonds is 6. The predicted molar refractivity (Wildman–Crippen MR) is 112 cm³/mol. The van der Waals surface area contributed by atoms with Gasteiger partial charge in [0.15, 0.2) is 6.54 Å². The Balaban J connectivity index is 1.56. The van der Waals surface area contributed by atoms with Crippen molar-refractivity contribution in [1.29, 1.82) is 0 Å². The van der Waals surface area contributed by atoms with Crippen LogP contribution in [-0.2, 0) is 14.8 Å². The quantitative estimate of drug-likeness (QED) is 0.710. The molecule has 1 aliphatic heterocycles. The van der Waals surface area contributed by atoms with Gasteiger partial charge in [-0.3, -0.25) is 4.79 Å². The van der Waals surface area contributed by atoms with Crippen molar-refractivity contribution in [3.63, 3.8) is 0 Å². The highest BCUT2D eigenvalue weighted by Gasteiger charge is 2.31. The van der Waals surface area contributed by atoms with Crippen LogP contribution in [0.2, 0.25) is 5.02 Å². The number of halogens is 1. The van der Waals surface area contributed by atoms with E-state index >= 15 is 0 Å². The van der Waals surface area contributed by atoms with E-state index in [1.165, 1.54) is 11.4 Å². The summed E-state index contributed by atoms with van der Waals surface area (Å²) in [7, 11) is -1.98. The first kappa shape index (κ1) is 21.6. The first-order valence-corrected chi connectivity index (χ1v) is 11.1. The summed E-state index contributed by atoms with van der Waals surface area (Å²) < 4.78 is 32.3. The molecule has 0 bridgehead atoms. The highest BCUT2D eigenvalue weighted by Crippen LogP contribution is 2.27. The van der Waals surface area contributed by atoms with Crippen molar-refractivity contribution in [2.24, 2.45) is 0 Å². The Hall–Kier alpha value is -2.13. The lowest BCUT2D eigenvalue weighted by atomic mass is 10.2. The van der Waals surface area contributed by atoms with Gasteiger partial charge in [0, 0.05) is 5.02 Å². The molecule has 0 spiro atoms. The topological polar surface area (TPSA) is 80.2 Å². The number of quaternary nitrogens is 1. The number of carbonyl (C=O) groups is 1. The Labute approximate surface area is 176 Å². The Morgan fingerprint density at radius 1 is 1.17 bits per heavy atom. The van der Waals surface area contributed by atoms with E-state index < -0.39 is 10.0 Å². The van der Waals surface area contributed by atoms with E-state index in [9.17, 15) is 13.2 Å². The van der Waals surface area contributed by atoms with Crippen LogP contribution in [0.15, 0.2) is 47.4 Å². The second-order valence-electron chi connectivity index (χ2n) is 7.04. The van der Waals surface area contributed by atoms with Gasteiger partial charge in [-0.05, 0) is 37.3 Å². The lowest BCUT2D eigenvalue weighted by Gasteiger charge is -2.31. The first-order valence-electron chi connectivity index (χ1n) is 9.33. The largest absolute Gasteiger partial charge is 0.495 e. The molecule has 1 aliphatic rings. The van der Waals surface area contributed by atoms with Crippen LogP contribution in [0.5, 0.6) is 5.75 Å². The van der Waals surface area contributed by atoms with Crippen LogP contribution in [0.3, 0.4) is 0 Å². The van der Waals surface area contributed by atoms with Crippen LogP contribution in [0.4, 0.5) is 5.69 Å². The van der Waals surface area contributed by atoms with Gasteiger partial charge in [0.25, 0.3) is 5.91 Å². The third-order valence-electron chi connectivity index (χ3n) is 4.93. The van der Waals surface area contributed by atoms with Crippen LogP contribution in [0.1, 0.15) is 5.56 Å². The second kappa shape index (κ2) is 9.13. The van der Waals surface area contributed by atoms with Crippen LogP contribution in [-0.4, -0.2) is 58.5 Å². The summed E-state index contributed by atoms with van der Waals surface area (Å²) in [5.74, 6) is 0.363. The van der Waals surface area contributed by atoms with E-state index in [1.54, 1.807) is 42.5 Å². The van der Waals surface area contributed by atoms with Gasteiger partial charge >= 0.3 is 0 Å². The fourth-order valence-corrected chi connectivity index (χ4v) is 4.89. The monoisotopic (exact) mass is 438 g/mol. The van der Waals surface area contributed by atoms with Crippen molar-refractivity contribution in [1.82, 2.24) is 4.31 Å². The van der Waals surface area contributed by atoms with Gasteiger partial charge in [0.2, 0.25) is 10.0 Å². The number of anilines is 1. The van der Waals surface area contributed by atoms with E-state index in [2.05, 4.69) is 5.32 Å². The summed E-state index contributed by atoms with van der Waals surface area (Å²) in [6, 6.07) is 11.9. The van der Waals surface area contributed by atoms with Crippen LogP contribution in [0.25, 0.3) is 0 Å². The van der Waals surface area contributed by atoms with Crippen molar-refractivity contribution >= 4 is 33.2 Å². The zero-order valence-electron chi connectivity index (χ0n) is 16.4. The van der Waals surface area contributed by atoms with Crippen molar-refractivity contribution in [2.75, 3.05) is 45.2 Å². The van der Waals surface area contributed by atoms with Gasteiger partial charge in [0.1, 0.15) is 5.75 Å². The highest BCUT2D eigenvalue weighted by molar-refractivity contribution is 7.89. The molecule has 1 fully saturated rings. The molecule has 156 valence electrons. The molecule has 2 aromatic carbocycles. The smallest absolute Gasteiger partial charge is 0.279 e.